The number of pyridine rings is 1. The third kappa shape index (κ3) is 9.10. The van der Waals surface area contributed by atoms with Gasteiger partial charge in [-0.1, -0.05) is 77.7 Å². The van der Waals surface area contributed by atoms with Crippen LogP contribution in [-0.2, 0) is 9.47 Å². The van der Waals surface area contributed by atoms with E-state index in [9.17, 15) is 0 Å². The van der Waals surface area contributed by atoms with Crippen molar-refractivity contribution in [2.75, 3.05) is 19.8 Å². The van der Waals surface area contributed by atoms with E-state index < -0.39 is 0 Å². The van der Waals surface area contributed by atoms with Gasteiger partial charge in [0.05, 0.1) is 25.5 Å². The van der Waals surface area contributed by atoms with Crippen molar-refractivity contribution < 1.29 is 14.2 Å². The van der Waals surface area contributed by atoms with Crippen molar-refractivity contribution in [2.45, 2.75) is 90.8 Å². The third-order valence-corrected chi connectivity index (χ3v) is 6.41. The highest BCUT2D eigenvalue weighted by Crippen LogP contribution is 2.28. The Balaban J connectivity index is 1.39. The van der Waals surface area contributed by atoms with Crippen molar-refractivity contribution in [2.24, 2.45) is 5.92 Å². The Morgan fingerprint density at radius 3 is 2.12 bits per heavy atom. The Labute approximate surface area is 201 Å². The SMILES string of the molecule is CCCCCCCCOc1ccc(-c2ccc([C@H]3OC[C@H](CCCCCC)CO3)cn2)cc1. The van der Waals surface area contributed by atoms with Crippen LogP contribution in [0.15, 0.2) is 42.6 Å². The van der Waals surface area contributed by atoms with Gasteiger partial charge in [-0.05, 0) is 43.2 Å². The molecule has 3 rings (SSSR count). The molecule has 33 heavy (non-hydrogen) atoms. The van der Waals surface area contributed by atoms with Gasteiger partial charge in [0.2, 0.25) is 0 Å². The van der Waals surface area contributed by atoms with Crippen molar-refractivity contribution in [3.8, 4) is 17.0 Å². The standard InChI is InChI=1S/C29H43NO3/c1-3-5-7-9-10-12-20-31-27-17-14-25(15-18-27)28-19-16-26(21-30-28)29-32-22-24(23-33-29)13-11-8-6-4-2/h14-19,21,24,29H,3-13,20,22-23H2,1-2H3/t24-,29-. The van der Waals surface area contributed by atoms with Gasteiger partial charge in [-0.25, -0.2) is 0 Å². The summed E-state index contributed by atoms with van der Waals surface area (Å²) in [4.78, 5) is 4.65. The van der Waals surface area contributed by atoms with Crippen molar-refractivity contribution in [3.63, 3.8) is 0 Å². The monoisotopic (exact) mass is 453 g/mol. The van der Waals surface area contributed by atoms with E-state index in [-0.39, 0.29) is 6.29 Å². The van der Waals surface area contributed by atoms with Gasteiger partial charge in [0.1, 0.15) is 5.75 Å². The minimum absolute atomic E-state index is 0.295. The molecule has 0 N–H and O–H groups in total. The number of hydrogen-bond donors (Lipinski definition) is 0. The zero-order chi connectivity index (χ0) is 23.1. The number of aromatic nitrogens is 1. The maximum Gasteiger partial charge on any atom is 0.185 e. The van der Waals surface area contributed by atoms with Gasteiger partial charge in [-0.3, -0.25) is 4.98 Å². The van der Waals surface area contributed by atoms with E-state index in [0.717, 1.165) is 48.8 Å². The summed E-state index contributed by atoms with van der Waals surface area (Å²) in [5.74, 6) is 1.45. The average Bonchev–Trinajstić information content (AvgIpc) is 2.87. The predicted octanol–water partition coefficient (Wildman–Crippen LogP) is 8.12. The first kappa shape index (κ1) is 25.7. The number of hydrogen-bond acceptors (Lipinski definition) is 4. The molecule has 1 aliphatic rings. The molecule has 1 fully saturated rings. The van der Waals surface area contributed by atoms with E-state index in [4.69, 9.17) is 14.2 Å². The largest absolute Gasteiger partial charge is 0.494 e. The summed E-state index contributed by atoms with van der Waals surface area (Å²) < 4.78 is 17.9. The highest BCUT2D eigenvalue weighted by atomic mass is 16.7. The van der Waals surface area contributed by atoms with Gasteiger partial charge < -0.3 is 14.2 Å². The first-order valence-electron chi connectivity index (χ1n) is 13.2. The number of ether oxygens (including phenoxy) is 3. The molecule has 0 saturated carbocycles. The van der Waals surface area contributed by atoms with Crippen LogP contribution in [0.5, 0.6) is 5.75 Å². The van der Waals surface area contributed by atoms with E-state index in [1.807, 2.05) is 24.4 Å². The highest BCUT2D eigenvalue weighted by molar-refractivity contribution is 5.60. The molecule has 0 unspecified atom stereocenters. The number of unbranched alkanes of at least 4 members (excludes halogenated alkanes) is 8. The molecule has 0 aliphatic carbocycles. The second kappa shape index (κ2) is 15.1. The van der Waals surface area contributed by atoms with Crippen molar-refractivity contribution in [1.82, 2.24) is 4.98 Å². The maximum absolute atomic E-state index is 5.99. The predicted molar refractivity (Wildman–Crippen MR) is 135 cm³/mol. The third-order valence-electron chi connectivity index (χ3n) is 6.41. The molecule has 182 valence electrons. The van der Waals surface area contributed by atoms with E-state index in [1.165, 1.54) is 64.2 Å². The smallest absolute Gasteiger partial charge is 0.185 e. The molecular weight excluding hydrogens is 410 g/mol. The molecule has 4 heteroatoms. The van der Waals surface area contributed by atoms with Crippen LogP contribution in [0.25, 0.3) is 11.3 Å². The summed E-state index contributed by atoms with van der Waals surface area (Å²) in [5, 5.41) is 0. The fourth-order valence-electron chi connectivity index (χ4n) is 4.27. The summed E-state index contributed by atoms with van der Waals surface area (Å²) in [5.41, 5.74) is 3.03. The molecule has 2 aromatic rings. The molecule has 0 spiro atoms. The van der Waals surface area contributed by atoms with E-state index in [2.05, 4.69) is 37.0 Å². The van der Waals surface area contributed by atoms with Crippen molar-refractivity contribution in [3.05, 3.63) is 48.2 Å². The van der Waals surface area contributed by atoms with Crippen LogP contribution < -0.4 is 4.74 Å². The number of nitrogens with zero attached hydrogens (tertiary/aromatic N) is 1. The Bertz CT molecular complexity index is 751. The Morgan fingerprint density at radius 2 is 1.45 bits per heavy atom. The summed E-state index contributed by atoms with van der Waals surface area (Å²) in [6.45, 7) is 6.84. The van der Waals surface area contributed by atoms with Gasteiger partial charge in [0, 0.05) is 23.2 Å². The fourth-order valence-corrected chi connectivity index (χ4v) is 4.27. The number of benzene rings is 1. The zero-order valence-electron chi connectivity index (χ0n) is 20.8. The lowest BCUT2D eigenvalue weighted by Crippen LogP contribution is -2.27. The van der Waals surface area contributed by atoms with Crippen LogP contribution in [0.1, 0.15) is 96.3 Å². The molecule has 0 atom stereocenters. The molecule has 1 aliphatic heterocycles. The lowest BCUT2D eigenvalue weighted by molar-refractivity contribution is -0.206. The Hall–Kier alpha value is -1.91. The van der Waals surface area contributed by atoms with Gasteiger partial charge in [-0.15, -0.1) is 0 Å². The second-order valence-corrected chi connectivity index (χ2v) is 9.33. The second-order valence-electron chi connectivity index (χ2n) is 9.33. The van der Waals surface area contributed by atoms with E-state index >= 15 is 0 Å². The van der Waals surface area contributed by atoms with E-state index in [0.29, 0.717) is 5.92 Å². The maximum atomic E-state index is 5.99. The molecular formula is C29H43NO3. The minimum atomic E-state index is -0.295. The van der Waals surface area contributed by atoms with E-state index in [1.54, 1.807) is 0 Å². The molecule has 0 bridgehead atoms. The zero-order valence-corrected chi connectivity index (χ0v) is 20.8. The Kier molecular flexibility index (Phi) is 11.7. The summed E-state index contributed by atoms with van der Waals surface area (Å²) in [6, 6.07) is 12.3. The first-order valence-corrected chi connectivity index (χ1v) is 13.2. The molecule has 2 heterocycles. The highest BCUT2D eigenvalue weighted by Gasteiger charge is 2.23. The molecule has 0 radical (unpaired) electrons. The molecule has 1 aromatic heterocycles. The van der Waals surface area contributed by atoms with Gasteiger partial charge in [0.25, 0.3) is 0 Å². The quantitative estimate of drug-likeness (QED) is 0.255. The number of rotatable bonds is 15. The average molecular weight is 454 g/mol. The van der Waals surface area contributed by atoms with Crippen molar-refractivity contribution in [1.29, 1.82) is 0 Å². The lowest BCUT2D eigenvalue weighted by Gasteiger charge is -2.29. The van der Waals surface area contributed by atoms with Crippen LogP contribution in [0.3, 0.4) is 0 Å². The van der Waals surface area contributed by atoms with Crippen LogP contribution in [0.4, 0.5) is 0 Å². The Morgan fingerprint density at radius 1 is 0.788 bits per heavy atom. The van der Waals surface area contributed by atoms with Gasteiger partial charge >= 0.3 is 0 Å². The molecule has 1 saturated heterocycles. The fraction of sp³-hybridized carbons (Fsp3) is 0.621. The summed E-state index contributed by atoms with van der Waals surface area (Å²) >= 11 is 0. The minimum Gasteiger partial charge on any atom is -0.494 e. The van der Waals surface area contributed by atoms with Crippen LogP contribution in [-0.4, -0.2) is 24.8 Å². The molecule has 1 aromatic carbocycles. The van der Waals surface area contributed by atoms with Crippen LogP contribution in [0.2, 0.25) is 0 Å². The van der Waals surface area contributed by atoms with Crippen LogP contribution in [0, 0.1) is 5.92 Å². The summed E-state index contributed by atoms with van der Waals surface area (Å²) in [7, 11) is 0. The first-order chi connectivity index (χ1) is 16.3. The van der Waals surface area contributed by atoms with Gasteiger partial charge in [-0.2, -0.15) is 0 Å². The van der Waals surface area contributed by atoms with Crippen LogP contribution >= 0.6 is 0 Å². The van der Waals surface area contributed by atoms with Gasteiger partial charge in [0.15, 0.2) is 6.29 Å². The van der Waals surface area contributed by atoms with Crippen molar-refractivity contribution >= 4 is 0 Å². The lowest BCUT2D eigenvalue weighted by atomic mass is 10.0. The molecule has 0 amide bonds. The summed E-state index contributed by atoms with van der Waals surface area (Å²) in [6.07, 6.45) is 15.6. The normalized spacial score (nSPS) is 18.4. The molecule has 4 nitrogen and oxygen atoms in total. The topological polar surface area (TPSA) is 40.6 Å².